The smallest absolute Gasteiger partial charge is 0.357 e. The van der Waals surface area contributed by atoms with Crippen molar-refractivity contribution in [2.45, 2.75) is 71.4 Å². The molecule has 0 radical (unpaired) electrons. The maximum atomic E-state index is 12.8. The summed E-state index contributed by atoms with van der Waals surface area (Å²) in [6.07, 6.45) is 2.36. The Balaban J connectivity index is 0.000000255. The number of carbonyl (C=O) groups excluding carboxylic acids is 1. The van der Waals surface area contributed by atoms with Crippen molar-refractivity contribution in [2.24, 2.45) is 0 Å². The van der Waals surface area contributed by atoms with Gasteiger partial charge in [0.1, 0.15) is 17.5 Å². The third-order valence-corrected chi connectivity index (χ3v) is 5.85. The van der Waals surface area contributed by atoms with Gasteiger partial charge in [0, 0.05) is 38.7 Å². The lowest BCUT2D eigenvalue weighted by Crippen LogP contribution is -2.28. The van der Waals surface area contributed by atoms with Crippen LogP contribution in [-0.2, 0) is 17.4 Å². The lowest BCUT2D eigenvalue weighted by molar-refractivity contribution is -0.139. The van der Waals surface area contributed by atoms with Gasteiger partial charge in [-0.1, -0.05) is 26.7 Å². The third kappa shape index (κ3) is 8.07. The molecule has 2 heterocycles. The quantitative estimate of drug-likeness (QED) is 0.490. The van der Waals surface area contributed by atoms with Crippen LogP contribution in [0.2, 0.25) is 0 Å². The van der Waals surface area contributed by atoms with E-state index in [0.29, 0.717) is 12.0 Å². The molecule has 3 rings (SSSR count). The number of alkyl halides is 3. The first-order valence-corrected chi connectivity index (χ1v) is 12.2. The third-order valence-electron chi connectivity index (χ3n) is 5.85. The molecule has 2 aromatic heterocycles. The van der Waals surface area contributed by atoms with E-state index in [9.17, 15) is 22.8 Å². The number of amides is 1. The molecule has 2 aromatic rings. The zero-order valence-corrected chi connectivity index (χ0v) is 20.9. The summed E-state index contributed by atoms with van der Waals surface area (Å²) in [4.78, 5) is 28.8. The average molecular weight is 507 g/mol. The van der Waals surface area contributed by atoms with Crippen molar-refractivity contribution < 1.29 is 18.0 Å². The van der Waals surface area contributed by atoms with Gasteiger partial charge in [0.2, 0.25) is 5.91 Å². The summed E-state index contributed by atoms with van der Waals surface area (Å²) >= 11 is 0. The Hall–Kier alpha value is -3.42. The fourth-order valence-electron chi connectivity index (χ4n) is 4.11. The molecule has 8 nitrogen and oxygen atoms in total. The first-order chi connectivity index (χ1) is 17.1. The number of fused-ring (bicyclic) bond motifs is 1. The van der Waals surface area contributed by atoms with Crippen molar-refractivity contribution in [1.82, 2.24) is 20.5 Å². The molecule has 1 atom stereocenters. The van der Waals surface area contributed by atoms with Gasteiger partial charge in [-0.25, -0.2) is 10.1 Å². The predicted octanol–water partition coefficient (Wildman–Crippen LogP) is 4.31. The van der Waals surface area contributed by atoms with Crippen LogP contribution in [0, 0.1) is 11.3 Å². The minimum Gasteiger partial charge on any atom is -0.357 e. The molecule has 0 saturated carbocycles. The normalized spacial score (nSPS) is 14.3. The number of aromatic amines is 1. The highest BCUT2D eigenvalue weighted by atomic mass is 19.4. The zero-order valence-electron chi connectivity index (χ0n) is 20.9. The molecule has 36 heavy (non-hydrogen) atoms. The second-order valence-electron chi connectivity index (χ2n) is 8.67. The van der Waals surface area contributed by atoms with E-state index in [1.54, 1.807) is 6.20 Å². The number of anilines is 1. The fraction of sp³-hybridized carbons (Fsp3) is 0.560. The van der Waals surface area contributed by atoms with E-state index in [4.69, 9.17) is 5.26 Å². The molecule has 1 aliphatic rings. The summed E-state index contributed by atoms with van der Waals surface area (Å²) in [6.45, 7) is 8.03. The van der Waals surface area contributed by atoms with E-state index in [0.717, 1.165) is 25.3 Å². The van der Waals surface area contributed by atoms with E-state index in [1.807, 2.05) is 17.2 Å². The Bertz CT molecular complexity index is 1090. The van der Waals surface area contributed by atoms with Gasteiger partial charge >= 0.3 is 6.18 Å². The van der Waals surface area contributed by atoms with E-state index in [-0.39, 0.29) is 36.0 Å². The molecule has 0 aliphatic heterocycles. The number of nitrogens with one attached hydrogen (secondary N) is 2. The molecule has 1 amide bonds. The van der Waals surface area contributed by atoms with Crippen LogP contribution >= 0.6 is 0 Å². The standard InChI is InChI=1S/C14H21N3.C11H12F3N3O2/c1-3-5-6-10-17(9-4-2)14-8-7-13(11-15)12-16-14;1-5(18)15-4-6-2-3-7-8(11(12,13)14)10(19)17-16-9(6)7/h7-8,12H,3-6,9-10H2,1-2H3;6H,2-4H2,1H3,(H,15,18)(H,17,19). The van der Waals surface area contributed by atoms with Gasteiger partial charge in [0.15, 0.2) is 0 Å². The van der Waals surface area contributed by atoms with Gasteiger partial charge in [-0.3, -0.25) is 9.59 Å². The van der Waals surface area contributed by atoms with Crippen LogP contribution < -0.4 is 15.8 Å². The number of rotatable bonds is 9. The van der Waals surface area contributed by atoms with Crippen LogP contribution in [0.15, 0.2) is 23.1 Å². The zero-order chi connectivity index (χ0) is 26.7. The molecular weight excluding hydrogens is 473 g/mol. The molecule has 0 fully saturated rings. The van der Waals surface area contributed by atoms with Crippen molar-refractivity contribution in [2.75, 3.05) is 24.5 Å². The van der Waals surface area contributed by atoms with E-state index >= 15 is 0 Å². The molecule has 196 valence electrons. The number of nitriles is 1. The van der Waals surface area contributed by atoms with Gasteiger partial charge in [0.25, 0.3) is 5.56 Å². The second kappa shape index (κ2) is 13.6. The monoisotopic (exact) mass is 506 g/mol. The van der Waals surface area contributed by atoms with Crippen LogP contribution in [-0.4, -0.2) is 40.7 Å². The SMILES string of the molecule is CC(=O)NCC1CCc2c1n[nH]c(=O)c2C(F)(F)F.CCCCCN(CCC)c1ccc(C#N)cn1. The molecule has 1 aliphatic carbocycles. The Morgan fingerprint density at radius 1 is 1.25 bits per heavy atom. The Morgan fingerprint density at radius 3 is 2.56 bits per heavy atom. The highest BCUT2D eigenvalue weighted by molar-refractivity contribution is 5.72. The van der Waals surface area contributed by atoms with Crippen molar-refractivity contribution in [3.05, 3.63) is 51.1 Å². The van der Waals surface area contributed by atoms with E-state index in [1.165, 1.54) is 26.2 Å². The predicted molar refractivity (Wildman–Crippen MR) is 131 cm³/mol. The maximum Gasteiger partial charge on any atom is 0.422 e. The molecule has 1 unspecified atom stereocenters. The van der Waals surface area contributed by atoms with Gasteiger partial charge in [0.05, 0.1) is 11.3 Å². The molecule has 0 saturated heterocycles. The Morgan fingerprint density at radius 2 is 2.00 bits per heavy atom. The Labute approximate surface area is 208 Å². The maximum absolute atomic E-state index is 12.8. The number of hydrogen-bond acceptors (Lipinski definition) is 6. The topological polar surface area (TPSA) is 115 Å². The number of pyridine rings is 1. The summed E-state index contributed by atoms with van der Waals surface area (Å²) in [5, 5.41) is 16.9. The number of carbonyl (C=O) groups is 1. The highest BCUT2D eigenvalue weighted by Crippen LogP contribution is 2.37. The first kappa shape index (κ1) is 28.8. The minimum absolute atomic E-state index is 0.0494. The first-order valence-electron chi connectivity index (χ1n) is 12.2. The largest absolute Gasteiger partial charge is 0.422 e. The molecule has 2 N–H and O–H groups in total. The molecular formula is C25H33F3N6O2. The summed E-state index contributed by atoms with van der Waals surface area (Å²) < 4.78 is 38.5. The summed E-state index contributed by atoms with van der Waals surface area (Å²) in [7, 11) is 0. The minimum atomic E-state index is -4.69. The lowest BCUT2D eigenvalue weighted by atomic mass is 10.1. The Kier molecular flexibility index (Phi) is 10.9. The summed E-state index contributed by atoms with van der Waals surface area (Å²) in [5.41, 5.74) is -1.58. The van der Waals surface area contributed by atoms with Crippen LogP contribution in [0.3, 0.4) is 0 Å². The number of H-pyrrole nitrogens is 1. The van der Waals surface area contributed by atoms with Crippen LogP contribution in [0.1, 0.15) is 81.2 Å². The molecule has 0 aromatic carbocycles. The van der Waals surface area contributed by atoms with E-state index < -0.39 is 17.3 Å². The van der Waals surface area contributed by atoms with Crippen molar-refractivity contribution in [3.8, 4) is 6.07 Å². The van der Waals surface area contributed by atoms with E-state index in [2.05, 4.69) is 40.2 Å². The molecule has 11 heteroatoms. The van der Waals surface area contributed by atoms with Crippen LogP contribution in [0.5, 0.6) is 0 Å². The number of unbranched alkanes of at least 4 members (excludes halogenated alkanes) is 2. The average Bonchev–Trinajstić information content (AvgIpc) is 3.24. The van der Waals surface area contributed by atoms with Gasteiger partial charge in [-0.2, -0.15) is 23.5 Å². The molecule has 0 bridgehead atoms. The fourth-order valence-corrected chi connectivity index (χ4v) is 4.11. The van der Waals surface area contributed by atoms with Crippen molar-refractivity contribution in [3.63, 3.8) is 0 Å². The number of aromatic nitrogens is 3. The number of halogens is 3. The van der Waals surface area contributed by atoms with Gasteiger partial charge < -0.3 is 10.2 Å². The van der Waals surface area contributed by atoms with Crippen molar-refractivity contribution >= 4 is 11.7 Å². The summed E-state index contributed by atoms with van der Waals surface area (Å²) in [5.74, 6) is 0.438. The number of nitrogens with zero attached hydrogens (tertiary/aromatic N) is 4. The van der Waals surface area contributed by atoms with Crippen molar-refractivity contribution in [1.29, 1.82) is 5.26 Å². The summed E-state index contributed by atoms with van der Waals surface area (Å²) in [6, 6.07) is 5.88. The number of hydrogen-bond donors (Lipinski definition) is 2. The van der Waals surface area contributed by atoms with Crippen LogP contribution in [0.25, 0.3) is 0 Å². The lowest BCUT2D eigenvalue weighted by Gasteiger charge is -2.23. The van der Waals surface area contributed by atoms with Gasteiger partial charge in [-0.15, -0.1) is 0 Å². The highest BCUT2D eigenvalue weighted by Gasteiger charge is 2.41. The molecule has 0 spiro atoms. The van der Waals surface area contributed by atoms with Gasteiger partial charge in [-0.05, 0) is 43.4 Å². The second-order valence-corrected chi connectivity index (χ2v) is 8.67. The van der Waals surface area contributed by atoms with Crippen LogP contribution in [0.4, 0.5) is 19.0 Å².